The Morgan fingerprint density at radius 2 is 2.18 bits per heavy atom. The van der Waals surface area contributed by atoms with Gasteiger partial charge in [0.25, 0.3) is 0 Å². The second-order valence-electron chi connectivity index (χ2n) is 5.17. The SMILES string of the molecule is CCCC1CCCN(C(=O)CCCNC)CC1. The third kappa shape index (κ3) is 5.53. The lowest BCUT2D eigenvalue weighted by Crippen LogP contribution is -2.32. The minimum absolute atomic E-state index is 0.359. The first-order valence-electron chi connectivity index (χ1n) is 7.20. The third-order valence-electron chi connectivity index (χ3n) is 3.71. The van der Waals surface area contributed by atoms with Gasteiger partial charge in [0, 0.05) is 19.5 Å². The number of amides is 1. The minimum Gasteiger partial charge on any atom is -0.343 e. The molecule has 1 heterocycles. The van der Waals surface area contributed by atoms with E-state index < -0.39 is 0 Å². The van der Waals surface area contributed by atoms with Crippen LogP contribution in [0.3, 0.4) is 0 Å². The first-order chi connectivity index (χ1) is 8.27. The van der Waals surface area contributed by atoms with Crippen molar-refractivity contribution in [2.75, 3.05) is 26.7 Å². The number of nitrogens with one attached hydrogen (secondary N) is 1. The molecule has 0 aromatic carbocycles. The molecule has 100 valence electrons. The second-order valence-corrected chi connectivity index (χ2v) is 5.17. The molecule has 3 heteroatoms. The number of hydrogen-bond donors (Lipinski definition) is 1. The Hall–Kier alpha value is -0.570. The molecule has 0 radical (unpaired) electrons. The predicted molar refractivity (Wildman–Crippen MR) is 72.0 cm³/mol. The number of rotatable bonds is 6. The highest BCUT2D eigenvalue weighted by Crippen LogP contribution is 2.22. The summed E-state index contributed by atoms with van der Waals surface area (Å²) in [6.07, 6.45) is 8.01. The zero-order chi connectivity index (χ0) is 12.5. The molecule has 1 aliphatic rings. The third-order valence-corrected chi connectivity index (χ3v) is 3.71. The zero-order valence-corrected chi connectivity index (χ0v) is 11.5. The van der Waals surface area contributed by atoms with Crippen LogP contribution in [-0.4, -0.2) is 37.5 Å². The molecule has 1 N–H and O–H groups in total. The van der Waals surface area contributed by atoms with Gasteiger partial charge in [0.15, 0.2) is 0 Å². The molecular formula is C14H28N2O. The smallest absolute Gasteiger partial charge is 0.222 e. The van der Waals surface area contributed by atoms with E-state index in [4.69, 9.17) is 0 Å². The van der Waals surface area contributed by atoms with Gasteiger partial charge in [-0.25, -0.2) is 0 Å². The fourth-order valence-electron chi connectivity index (χ4n) is 2.69. The summed E-state index contributed by atoms with van der Waals surface area (Å²) in [5, 5.41) is 3.09. The van der Waals surface area contributed by atoms with Crippen molar-refractivity contribution in [1.29, 1.82) is 0 Å². The standard InChI is InChI=1S/C14H28N2O/c1-3-6-13-7-5-11-16(12-9-13)14(17)8-4-10-15-2/h13,15H,3-12H2,1-2H3. The van der Waals surface area contributed by atoms with Gasteiger partial charge in [-0.15, -0.1) is 0 Å². The molecule has 1 rings (SSSR count). The van der Waals surface area contributed by atoms with Crippen LogP contribution in [0.2, 0.25) is 0 Å². The Labute approximate surface area is 106 Å². The van der Waals surface area contributed by atoms with Gasteiger partial charge in [-0.3, -0.25) is 4.79 Å². The molecule has 0 saturated carbocycles. The maximum atomic E-state index is 12.0. The maximum Gasteiger partial charge on any atom is 0.222 e. The molecule has 0 bridgehead atoms. The monoisotopic (exact) mass is 240 g/mol. The average molecular weight is 240 g/mol. The highest BCUT2D eigenvalue weighted by molar-refractivity contribution is 5.76. The minimum atomic E-state index is 0.359. The van der Waals surface area contributed by atoms with Crippen LogP contribution in [-0.2, 0) is 4.79 Å². The van der Waals surface area contributed by atoms with Crippen LogP contribution in [0.25, 0.3) is 0 Å². The lowest BCUT2D eigenvalue weighted by molar-refractivity contribution is -0.131. The Kier molecular flexibility index (Phi) is 7.25. The van der Waals surface area contributed by atoms with Gasteiger partial charge in [-0.1, -0.05) is 19.8 Å². The molecule has 17 heavy (non-hydrogen) atoms. The van der Waals surface area contributed by atoms with Crippen molar-refractivity contribution in [3.63, 3.8) is 0 Å². The van der Waals surface area contributed by atoms with Crippen molar-refractivity contribution in [2.24, 2.45) is 5.92 Å². The molecule has 1 atom stereocenters. The summed E-state index contributed by atoms with van der Waals surface area (Å²) < 4.78 is 0. The molecule has 3 nitrogen and oxygen atoms in total. The summed E-state index contributed by atoms with van der Waals surface area (Å²) in [4.78, 5) is 14.1. The Bertz CT molecular complexity index is 218. The van der Waals surface area contributed by atoms with Crippen molar-refractivity contribution in [2.45, 2.75) is 51.9 Å². The van der Waals surface area contributed by atoms with E-state index in [1.807, 2.05) is 7.05 Å². The van der Waals surface area contributed by atoms with Crippen LogP contribution >= 0.6 is 0 Å². The van der Waals surface area contributed by atoms with Crippen molar-refractivity contribution in [3.8, 4) is 0 Å². The van der Waals surface area contributed by atoms with E-state index in [0.717, 1.165) is 32.0 Å². The topological polar surface area (TPSA) is 32.3 Å². The molecule has 1 amide bonds. The van der Waals surface area contributed by atoms with Crippen molar-refractivity contribution >= 4 is 5.91 Å². The molecule has 0 aromatic heterocycles. The van der Waals surface area contributed by atoms with Gasteiger partial charge in [-0.2, -0.15) is 0 Å². The maximum absolute atomic E-state index is 12.0. The fraction of sp³-hybridized carbons (Fsp3) is 0.929. The van der Waals surface area contributed by atoms with E-state index in [0.29, 0.717) is 12.3 Å². The van der Waals surface area contributed by atoms with E-state index in [2.05, 4.69) is 17.1 Å². The Morgan fingerprint density at radius 3 is 2.88 bits per heavy atom. The lowest BCUT2D eigenvalue weighted by Gasteiger charge is -2.20. The molecule has 0 spiro atoms. The normalized spacial score (nSPS) is 21.3. The molecule has 1 aliphatic heterocycles. The fourth-order valence-corrected chi connectivity index (χ4v) is 2.69. The molecular weight excluding hydrogens is 212 g/mol. The number of carbonyl (C=O) groups is 1. The number of likely N-dealkylation sites (tertiary alicyclic amines) is 1. The highest BCUT2D eigenvalue weighted by Gasteiger charge is 2.19. The number of nitrogens with zero attached hydrogens (tertiary/aromatic N) is 1. The molecule has 1 saturated heterocycles. The van der Waals surface area contributed by atoms with Gasteiger partial charge in [-0.05, 0) is 45.2 Å². The summed E-state index contributed by atoms with van der Waals surface area (Å²) in [7, 11) is 1.94. The summed E-state index contributed by atoms with van der Waals surface area (Å²) in [5.74, 6) is 1.22. The van der Waals surface area contributed by atoms with Gasteiger partial charge < -0.3 is 10.2 Å². The van der Waals surface area contributed by atoms with E-state index in [-0.39, 0.29) is 0 Å². The largest absolute Gasteiger partial charge is 0.343 e. The van der Waals surface area contributed by atoms with E-state index in [9.17, 15) is 4.79 Å². The highest BCUT2D eigenvalue weighted by atomic mass is 16.2. The van der Waals surface area contributed by atoms with Crippen LogP contribution in [0.15, 0.2) is 0 Å². The second kappa shape index (κ2) is 8.51. The van der Waals surface area contributed by atoms with Crippen LogP contribution < -0.4 is 5.32 Å². The van der Waals surface area contributed by atoms with Crippen LogP contribution in [0.5, 0.6) is 0 Å². The lowest BCUT2D eigenvalue weighted by atomic mass is 9.96. The first-order valence-corrected chi connectivity index (χ1v) is 7.20. The summed E-state index contributed by atoms with van der Waals surface area (Å²) in [6, 6.07) is 0. The molecule has 1 fully saturated rings. The van der Waals surface area contributed by atoms with Crippen LogP contribution in [0.4, 0.5) is 0 Å². The molecule has 1 unspecified atom stereocenters. The van der Waals surface area contributed by atoms with Crippen LogP contribution in [0.1, 0.15) is 51.9 Å². The van der Waals surface area contributed by atoms with Crippen molar-refractivity contribution in [3.05, 3.63) is 0 Å². The Balaban J connectivity index is 2.27. The predicted octanol–water partition coefficient (Wildman–Crippen LogP) is 2.41. The van der Waals surface area contributed by atoms with Gasteiger partial charge >= 0.3 is 0 Å². The van der Waals surface area contributed by atoms with E-state index in [1.54, 1.807) is 0 Å². The van der Waals surface area contributed by atoms with Gasteiger partial charge in [0.1, 0.15) is 0 Å². The van der Waals surface area contributed by atoms with Crippen molar-refractivity contribution < 1.29 is 4.79 Å². The zero-order valence-electron chi connectivity index (χ0n) is 11.5. The van der Waals surface area contributed by atoms with Crippen molar-refractivity contribution in [1.82, 2.24) is 10.2 Å². The first kappa shape index (κ1) is 14.5. The molecule has 0 aliphatic carbocycles. The van der Waals surface area contributed by atoms with Crippen LogP contribution in [0, 0.1) is 5.92 Å². The number of carbonyl (C=O) groups excluding carboxylic acids is 1. The van der Waals surface area contributed by atoms with Gasteiger partial charge in [0.05, 0.1) is 0 Å². The summed E-state index contributed by atoms with van der Waals surface area (Å²) in [5.41, 5.74) is 0. The summed E-state index contributed by atoms with van der Waals surface area (Å²) >= 11 is 0. The number of hydrogen-bond acceptors (Lipinski definition) is 2. The average Bonchev–Trinajstić information content (AvgIpc) is 2.55. The van der Waals surface area contributed by atoms with E-state index >= 15 is 0 Å². The molecule has 0 aromatic rings. The Morgan fingerprint density at radius 1 is 1.35 bits per heavy atom. The summed E-state index contributed by atoms with van der Waals surface area (Å²) in [6.45, 7) is 5.17. The van der Waals surface area contributed by atoms with E-state index in [1.165, 1.54) is 32.1 Å². The van der Waals surface area contributed by atoms with Gasteiger partial charge in [0.2, 0.25) is 5.91 Å². The quantitative estimate of drug-likeness (QED) is 0.723.